The number of cyclic esters (lactones) is 2. The summed E-state index contributed by atoms with van der Waals surface area (Å²) < 4.78 is 22.9. The first-order chi connectivity index (χ1) is 43.0. The number of ether oxygens (including phenoxy) is 4. The van der Waals surface area contributed by atoms with E-state index in [0.717, 1.165) is 11.1 Å². The highest BCUT2D eigenvalue weighted by Gasteiger charge is 2.45. The third kappa shape index (κ3) is 18.0. The van der Waals surface area contributed by atoms with Gasteiger partial charge in [-0.05, 0) is 125 Å². The van der Waals surface area contributed by atoms with Crippen LogP contribution in [0.2, 0.25) is 0 Å². The number of amides is 7. The molecular weight excluding hydrogens is 1150 g/mol. The van der Waals surface area contributed by atoms with E-state index < -0.39 is 107 Å². The van der Waals surface area contributed by atoms with Crippen molar-refractivity contribution in [1.82, 2.24) is 29.8 Å². The van der Waals surface area contributed by atoms with Gasteiger partial charge in [0, 0.05) is 77.7 Å². The SMILES string of the molecule is COc1ccc(CC[C@H]2OC(=O)C3CCCCN3C(=O)C(=O)C(C)(C)COC(=O)C=CCCN(C)C(=O)[C@H](CC(C)C)N(C)C(=O)[C@H]3CCCN3C(=O)[C@H](Cc3ccccc3)N(C)C(=O)[C@H](C3C=CC=CC3)NC(=O)CCC(=O)Nc3cccc2c3)cc1OC. The molecule has 0 spiro atoms. The Labute approximate surface area is 528 Å². The van der Waals surface area contributed by atoms with E-state index in [9.17, 15) is 38.4 Å². The van der Waals surface area contributed by atoms with Crippen LogP contribution in [-0.2, 0) is 70.3 Å². The van der Waals surface area contributed by atoms with E-state index in [-0.39, 0.29) is 70.0 Å². The summed E-state index contributed by atoms with van der Waals surface area (Å²) in [4.78, 5) is 150. The summed E-state index contributed by atoms with van der Waals surface area (Å²) in [5.41, 5.74) is 0.917. The molecule has 7 rings (SSSR count). The molecule has 7 amide bonds. The molecule has 484 valence electrons. The fourth-order valence-electron chi connectivity index (χ4n) is 11.9. The summed E-state index contributed by atoms with van der Waals surface area (Å²) in [6.45, 7) is 6.85. The van der Waals surface area contributed by atoms with Gasteiger partial charge >= 0.3 is 11.9 Å². The van der Waals surface area contributed by atoms with Crippen LogP contribution < -0.4 is 20.1 Å². The standard InChI is InChI=1S/C69H89N7O14/c1-45(2)40-53-63(81)72(5)37-18-17-30-60(79)89-44-69(3,4)62(80)67(85)76-38-19-16-28-52(76)68(86)90-55(33-31-47-32-34-56(87-8)57(42-47)88-9)49-26-20-27-50(43-49)70-58(77)35-36-59(78)71-61(48-24-14-11-15-25-48)66(84)74(7)54(41-46-22-12-10-13-23-46)65(83)75-39-21-29-51(75)64(82)73(53)6/h10-15,17,20,22-24,26-27,30,32,34,42-43,45,48,51-55,61H,16,18-19,21,25,28-29,31,33,35-41,44H2,1-9H3,(H,70,77)(H,71,78)/t48?,51-,52?,53+,54+,55-,61+/m1/s1. The third-order valence-corrected chi connectivity index (χ3v) is 17.2. The van der Waals surface area contributed by atoms with Crippen molar-refractivity contribution in [3.05, 3.63) is 126 Å². The van der Waals surface area contributed by atoms with E-state index in [1.165, 1.54) is 71.8 Å². The molecule has 3 aromatic carbocycles. The van der Waals surface area contributed by atoms with E-state index >= 15 is 9.59 Å². The van der Waals surface area contributed by atoms with Crippen molar-refractivity contribution in [3.8, 4) is 11.5 Å². The van der Waals surface area contributed by atoms with E-state index in [4.69, 9.17) is 18.9 Å². The van der Waals surface area contributed by atoms with Gasteiger partial charge in [0.05, 0.1) is 19.6 Å². The number of allylic oxidation sites excluding steroid dienone is 3. The molecule has 4 aliphatic rings. The van der Waals surface area contributed by atoms with Crippen LogP contribution in [0.1, 0.15) is 121 Å². The topological polar surface area (TPSA) is 248 Å². The van der Waals surface area contributed by atoms with Gasteiger partial charge in [-0.25, -0.2) is 9.59 Å². The Bertz CT molecular complexity index is 3180. The first kappa shape index (κ1) is 68.9. The van der Waals surface area contributed by atoms with Crippen molar-refractivity contribution < 1.29 is 66.9 Å². The van der Waals surface area contributed by atoms with Gasteiger partial charge in [0.25, 0.3) is 5.91 Å². The zero-order valence-corrected chi connectivity index (χ0v) is 53.5. The van der Waals surface area contributed by atoms with Gasteiger partial charge in [-0.15, -0.1) is 0 Å². The normalized spacial score (nSPS) is 24.5. The second-order valence-corrected chi connectivity index (χ2v) is 24.8. The van der Waals surface area contributed by atoms with E-state index in [1.54, 1.807) is 50.5 Å². The molecule has 21 nitrogen and oxygen atoms in total. The average molecular weight is 1240 g/mol. The second-order valence-electron chi connectivity index (χ2n) is 24.8. The minimum absolute atomic E-state index is 0.0220. The Hall–Kier alpha value is -8.62. The molecule has 0 aromatic heterocycles. The van der Waals surface area contributed by atoms with Crippen LogP contribution in [0.4, 0.5) is 5.69 Å². The summed E-state index contributed by atoms with van der Waals surface area (Å²) in [5, 5.41) is 5.78. The van der Waals surface area contributed by atoms with Crippen molar-refractivity contribution in [2.45, 2.75) is 147 Å². The number of likely N-dealkylation sites (N-methyl/N-ethyl adjacent to an activating group) is 3. The van der Waals surface area contributed by atoms with Crippen LogP contribution in [-0.4, -0.2) is 175 Å². The van der Waals surface area contributed by atoms with Crippen LogP contribution in [0, 0.1) is 17.3 Å². The molecular formula is C69H89N7O14. The number of nitrogens with zero attached hydrogens (tertiary/aromatic N) is 5. The summed E-state index contributed by atoms with van der Waals surface area (Å²) in [5.74, 6) is -5.76. The van der Waals surface area contributed by atoms with Gasteiger partial charge in [0.15, 0.2) is 11.5 Å². The molecule has 2 saturated heterocycles. The number of anilines is 1. The number of esters is 2. The Balaban J connectivity index is 1.20. The largest absolute Gasteiger partial charge is 0.493 e. The minimum Gasteiger partial charge on any atom is -0.493 e. The Morgan fingerprint density at radius 3 is 2.10 bits per heavy atom. The molecule has 3 heterocycles. The number of nitrogens with one attached hydrogen (secondary N) is 2. The average Bonchev–Trinajstić information content (AvgIpc) is 1.52. The predicted molar refractivity (Wildman–Crippen MR) is 337 cm³/mol. The summed E-state index contributed by atoms with van der Waals surface area (Å²) in [6, 6.07) is 16.1. The summed E-state index contributed by atoms with van der Waals surface area (Å²) >= 11 is 0. The molecule has 1 aliphatic carbocycles. The zero-order valence-electron chi connectivity index (χ0n) is 53.5. The number of rotatable bonds is 10. The lowest BCUT2D eigenvalue weighted by atomic mass is 9.87. The molecule has 3 aromatic rings. The van der Waals surface area contributed by atoms with Crippen molar-refractivity contribution in [2.24, 2.45) is 17.3 Å². The number of aryl methyl sites for hydroxylation is 1. The molecule has 2 bridgehead atoms. The van der Waals surface area contributed by atoms with Crippen molar-refractivity contribution in [2.75, 3.05) is 66.9 Å². The molecule has 3 aliphatic heterocycles. The lowest BCUT2D eigenvalue weighted by Crippen LogP contribution is -2.59. The van der Waals surface area contributed by atoms with Crippen molar-refractivity contribution in [3.63, 3.8) is 0 Å². The second kappa shape index (κ2) is 32.2. The third-order valence-electron chi connectivity index (χ3n) is 17.2. The predicted octanol–water partition coefficient (Wildman–Crippen LogP) is 7.13. The maximum absolute atomic E-state index is 15.2. The van der Waals surface area contributed by atoms with Gasteiger partial charge in [-0.3, -0.25) is 38.4 Å². The highest BCUT2D eigenvalue weighted by atomic mass is 16.5. The number of benzene rings is 3. The highest BCUT2D eigenvalue weighted by molar-refractivity contribution is 6.38. The Morgan fingerprint density at radius 1 is 0.678 bits per heavy atom. The summed E-state index contributed by atoms with van der Waals surface area (Å²) in [7, 11) is 7.74. The number of carbonyl (C=O) groups is 10. The molecule has 2 unspecified atom stereocenters. The maximum Gasteiger partial charge on any atom is 0.330 e. The van der Waals surface area contributed by atoms with E-state index in [0.29, 0.717) is 67.7 Å². The number of Topliss-reactive ketones (excluding diaryl/α,β-unsaturated/α-hetero) is 1. The zero-order chi connectivity index (χ0) is 65.2. The molecule has 90 heavy (non-hydrogen) atoms. The molecule has 2 N–H and O–H groups in total. The molecule has 0 radical (unpaired) electrons. The van der Waals surface area contributed by atoms with Crippen molar-refractivity contribution >= 4 is 64.8 Å². The summed E-state index contributed by atoms with van der Waals surface area (Å²) in [6.07, 6.45) is 12.2. The van der Waals surface area contributed by atoms with Crippen LogP contribution in [0.5, 0.6) is 11.5 Å². The molecule has 0 saturated carbocycles. The Kier molecular flexibility index (Phi) is 24.7. The first-order valence-electron chi connectivity index (χ1n) is 31.3. The lowest BCUT2D eigenvalue weighted by molar-refractivity contribution is -0.165. The smallest absolute Gasteiger partial charge is 0.330 e. The molecule has 21 heteroatoms. The highest BCUT2D eigenvalue weighted by Crippen LogP contribution is 2.34. The van der Waals surface area contributed by atoms with Crippen molar-refractivity contribution in [1.29, 1.82) is 0 Å². The van der Waals surface area contributed by atoms with Gasteiger partial charge in [-0.1, -0.05) is 92.8 Å². The van der Waals surface area contributed by atoms with Crippen LogP contribution in [0.15, 0.2) is 109 Å². The molecule has 2 fully saturated rings. The van der Waals surface area contributed by atoms with Gasteiger partial charge in [0.1, 0.15) is 42.9 Å². The van der Waals surface area contributed by atoms with E-state index in [2.05, 4.69) is 10.6 Å². The van der Waals surface area contributed by atoms with Gasteiger partial charge in [-0.2, -0.15) is 0 Å². The lowest BCUT2D eigenvalue weighted by Gasteiger charge is -2.38. The van der Waals surface area contributed by atoms with Crippen LogP contribution >= 0.6 is 0 Å². The number of fused-ring (bicyclic) bond motifs is 4. The number of piperidine rings is 1. The fraction of sp³-hybridized carbons (Fsp3) is 0.507. The quantitative estimate of drug-likeness (QED) is 0.152. The first-order valence-corrected chi connectivity index (χ1v) is 31.3. The van der Waals surface area contributed by atoms with E-state index in [1.807, 2.05) is 74.5 Å². The monoisotopic (exact) mass is 1240 g/mol. The number of hydrogen-bond donors (Lipinski definition) is 2. The van der Waals surface area contributed by atoms with Crippen LogP contribution in [0.25, 0.3) is 0 Å². The fourth-order valence-corrected chi connectivity index (χ4v) is 11.9. The number of methoxy groups -OCH3 is 2. The number of ketones is 1. The molecule has 7 atom stereocenters. The minimum atomic E-state index is -1.50. The van der Waals surface area contributed by atoms with Crippen LogP contribution in [0.3, 0.4) is 0 Å². The van der Waals surface area contributed by atoms with Gasteiger partial charge in [0.2, 0.25) is 41.2 Å². The Morgan fingerprint density at radius 2 is 1.39 bits per heavy atom. The van der Waals surface area contributed by atoms with Gasteiger partial charge < -0.3 is 54.1 Å². The maximum atomic E-state index is 15.2. The number of hydrogen-bond acceptors (Lipinski definition) is 14. The number of carbonyl (C=O) groups excluding carboxylic acids is 10.